The lowest BCUT2D eigenvalue weighted by molar-refractivity contribution is 1.27. The molecule has 0 spiro atoms. The van der Waals surface area contributed by atoms with Gasteiger partial charge in [-0.2, -0.15) is 0 Å². The largest absolute Gasteiger partial charge is 0.264 e. The Morgan fingerprint density at radius 3 is 2.35 bits per heavy atom. The first-order valence-electron chi connectivity index (χ1n) is 5.24. The van der Waals surface area contributed by atoms with E-state index in [0.717, 1.165) is 28.1 Å². The van der Waals surface area contributed by atoms with Crippen molar-refractivity contribution in [3.05, 3.63) is 42.2 Å². The number of nitrogens with zero attached hydrogens (tertiary/aromatic N) is 3. The number of pyridine rings is 1. The van der Waals surface area contributed by atoms with E-state index >= 15 is 0 Å². The van der Waals surface area contributed by atoms with Crippen molar-refractivity contribution in [3.63, 3.8) is 0 Å². The molecule has 1 aromatic heterocycles. The van der Waals surface area contributed by atoms with E-state index in [2.05, 4.69) is 34.5 Å². The van der Waals surface area contributed by atoms with Crippen molar-refractivity contribution in [3.8, 4) is 11.1 Å². The van der Waals surface area contributed by atoms with Crippen molar-refractivity contribution in [2.75, 3.05) is 0 Å². The second-order valence-electron chi connectivity index (χ2n) is 3.77. The molecule has 0 fully saturated rings. The van der Waals surface area contributed by atoms with Crippen LogP contribution in [0.25, 0.3) is 11.1 Å². The van der Waals surface area contributed by atoms with E-state index in [0.29, 0.717) is 0 Å². The van der Waals surface area contributed by atoms with Gasteiger partial charge in [-0.3, -0.25) is 15.0 Å². The van der Waals surface area contributed by atoms with Crippen LogP contribution in [0.5, 0.6) is 0 Å². The maximum atomic E-state index is 4.18. The van der Waals surface area contributed by atoms with Crippen LogP contribution in [0.15, 0.2) is 46.6 Å². The fourth-order valence-corrected chi connectivity index (χ4v) is 1.68. The highest BCUT2D eigenvalue weighted by molar-refractivity contribution is 5.75. The molecule has 84 valence electrons. The predicted octanol–water partition coefficient (Wildman–Crippen LogP) is 3.72. The zero-order valence-corrected chi connectivity index (χ0v) is 9.72. The lowest BCUT2D eigenvalue weighted by Gasteiger charge is -2.05. The molecule has 0 aliphatic rings. The molecule has 0 aliphatic carbocycles. The van der Waals surface area contributed by atoms with Crippen LogP contribution >= 0.6 is 0 Å². The average molecular weight is 223 g/mol. The summed E-state index contributed by atoms with van der Waals surface area (Å²) in [5.74, 6) is 0. The predicted molar refractivity (Wildman–Crippen MR) is 72.8 cm³/mol. The summed E-state index contributed by atoms with van der Waals surface area (Å²) < 4.78 is 0. The molecule has 2 aromatic rings. The molecule has 3 nitrogen and oxygen atoms in total. The fourth-order valence-electron chi connectivity index (χ4n) is 1.68. The zero-order chi connectivity index (χ0) is 12.3. The number of rotatable bonds is 3. The number of aryl methyl sites for hydroxylation is 1. The van der Waals surface area contributed by atoms with Gasteiger partial charge >= 0.3 is 0 Å². The number of aromatic nitrogens is 1. The van der Waals surface area contributed by atoms with Gasteiger partial charge in [0.2, 0.25) is 0 Å². The number of aliphatic imine (C=N–C) groups is 2. The Morgan fingerprint density at radius 1 is 0.941 bits per heavy atom. The highest BCUT2D eigenvalue weighted by Crippen LogP contribution is 2.32. The molecule has 0 unspecified atom stereocenters. The van der Waals surface area contributed by atoms with E-state index in [1.807, 2.05) is 37.5 Å². The molecule has 0 saturated carbocycles. The van der Waals surface area contributed by atoms with Crippen LogP contribution in [0, 0.1) is 6.92 Å². The van der Waals surface area contributed by atoms with Crippen LogP contribution < -0.4 is 0 Å². The van der Waals surface area contributed by atoms with E-state index in [-0.39, 0.29) is 0 Å². The van der Waals surface area contributed by atoms with Gasteiger partial charge in [0, 0.05) is 18.0 Å². The van der Waals surface area contributed by atoms with Crippen LogP contribution in [0.4, 0.5) is 11.4 Å². The van der Waals surface area contributed by atoms with Gasteiger partial charge < -0.3 is 0 Å². The lowest BCUT2D eigenvalue weighted by Crippen LogP contribution is -1.82. The van der Waals surface area contributed by atoms with Crippen LogP contribution in [0.3, 0.4) is 0 Å². The third-order valence-corrected chi connectivity index (χ3v) is 2.52. The van der Waals surface area contributed by atoms with E-state index in [9.17, 15) is 0 Å². The van der Waals surface area contributed by atoms with E-state index < -0.39 is 0 Å². The first-order valence-corrected chi connectivity index (χ1v) is 5.24. The minimum absolute atomic E-state index is 0.735. The molecule has 17 heavy (non-hydrogen) atoms. The second kappa shape index (κ2) is 4.70. The van der Waals surface area contributed by atoms with Crippen molar-refractivity contribution in [1.29, 1.82) is 0 Å². The van der Waals surface area contributed by atoms with Crippen LogP contribution in [-0.4, -0.2) is 18.4 Å². The van der Waals surface area contributed by atoms with Gasteiger partial charge in [0.05, 0.1) is 11.4 Å². The molecule has 0 saturated heterocycles. The van der Waals surface area contributed by atoms with Crippen molar-refractivity contribution in [2.24, 2.45) is 9.98 Å². The standard InChI is InChI=1S/C14H13N3/c1-10-6-12(9-17-8-10)11-4-5-13(15-2)14(7-11)16-3/h4-9H,2-3H2,1H3. The molecule has 1 aromatic carbocycles. The number of hydrogen-bond donors (Lipinski definition) is 0. The number of benzene rings is 1. The Morgan fingerprint density at radius 2 is 1.71 bits per heavy atom. The molecular weight excluding hydrogens is 210 g/mol. The van der Waals surface area contributed by atoms with Gasteiger partial charge in [0.15, 0.2) is 0 Å². The summed E-state index contributed by atoms with van der Waals surface area (Å²) in [5, 5.41) is 0. The Bertz CT molecular complexity index is 573. The monoisotopic (exact) mass is 223 g/mol. The van der Waals surface area contributed by atoms with Gasteiger partial charge in [-0.15, -0.1) is 0 Å². The van der Waals surface area contributed by atoms with E-state index in [1.165, 1.54) is 0 Å². The summed E-state index contributed by atoms with van der Waals surface area (Å²) in [6.07, 6.45) is 3.66. The highest BCUT2D eigenvalue weighted by atomic mass is 14.8. The Kier molecular flexibility index (Phi) is 3.10. The van der Waals surface area contributed by atoms with Crippen molar-refractivity contribution < 1.29 is 0 Å². The molecule has 1 heterocycles. The third kappa shape index (κ3) is 2.28. The second-order valence-corrected chi connectivity index (χ2v) is 3.77. The van der Waals surface area contributed by atoms with Gasteiger partial charge in [0.25, 0.3) is 0 Å². The third-order valence-electron chi connectivity index (χ3n) is 2.52. The smallest absolute Gasteiger partial charge is 0.0884 e. The first-order chi connectivity index (χ1) is 8.24. The Hall–Kier alpha value is -2.29. The maximum absolute atomic E-state index is 4.18. The van der Waals surface area contributed by atoms with Crippen LogP contribution in [-0.2, 0) is 0 Å². The molecule has 0 radical (unpaired) electrons. The van der Waals surface area contributed by atoms with Gasteiger partial charge in [0.1, 0.15) is 0 Å². The maximum Gasteiger partial charge on any atom is 0.0884 e. The Balaban J connectivity index is 2.53. The van der Waals surface area contributed by atoms with E-state index in [4.69, 9.17) is 0 Å². The van der Waals surface area contributed by atoms with Crippen LogP contribution in [0.2, 0.25) is 0 Å². The SMILES string of the molecule is C=Nc1ccc(-c2cncc(C)c2)cc1N=C. The molecule has 2 rings (SSSR count). The fraction of sp³-hybridized carbons (Fsp3) is 0.0714. The minimum Gasteiger partial charge on any atom is -0.264 e. The summed E-state index contributed by atoms with van der Waals surface area (Å²) in [6, 6.07) is 7.88. The normalized spacial score (nSPS) is 9.94. The first kappa shape index (κ1) is 11.2. The van der Waals surface area contributed by atoms with Gasteiger partial charge in [-0.05, 0) is 49.7 Å². The molecule has 0 atom stereocenters. The van der Waals surface area contributed by atoms with Crippen molar-refractivity contribution in [1.82, 2.24) is 4.98 Å². The molecule has 0 N–H and O–H groups in total. The molecular formula is C14H13N3. The lowest BCUT2D eigenvalue weighted by atomic mass is 10.1. The quantitative estimate of drug-likeness (QED) is 0.730. The molecule has 0 bridgehead atoms. The Labute approximate surface area is 101 Å². The summed E-state index contributed by atoms with van der Waals surface area (Å²) >= 11 is 0. The average Bonchev–Trinajstić information content (AvgIpc) is 2.38. The topological polar surface area (TPSA) is 37.6 Å². The minimum atomic E-state index is 0.735. The summed E-state index contributed by atoms with van der Waals surface area (Å²) in [6.45, 7) is 9.06. The molecule has 3 heteroatoms. The number of hydrogen-bond acceptors (Lipinski definition) is 3. The van der Waals surface area contributed by atoms with Crippen molar-refractivity contribution in [2.45, 2.75) is 6.92 Å². The summed E-state index contributed by atoms with van der Waals surface area (Å²) in [4.78, 5) is 12.0. The molecule has 0 amide bonds. The van der Waals surface area contributed by atoms with Gasteiger partial charge in [-0.1, -0.05) is 6.07 Å². The highest BCUT2D eigenvalue weighted by Gasteiger charge is 2.03. The summed E-state index contributed by atoms with van der Waals surface area (Å²) in [7, 11) is 0. The van der Waals surface area contributed by atoms with Crippen LogP contribution in [0.1, 0.15) is 5.56 Å². The van der Waals surface area contributed by atoms with Crippen molar-refractivity contribution >= 4 is 24.8 Å². The zero-order valence-electron chi connectivity index (χ0n) is 9.72. The summed E-state index contributed by atoms with van der Waals surface area (Å²) in [5.41, 5.74) is 4.71. The van der Waals surface area contributed by atoms with Gasteiger partial charge in [-0.25, -0.2) is 0 Å². The molecule has 0 aliphatic heterocycles. The van der Waals surface area contributed by atoms with E-state index in [1.54, 1.807) is 0 Å².